The average Bonchev–Trinajstić information content (AvgIpc) is 3.33. The minimum absolute atomic E-state index is 0. The SMILES string of the molecule is CC(=O)/C=C(/C)O.CC(C)(C)c1cc(-c2nccc3oc4cc(-c5ccc([Si](C)(C)C)cc5)ccc4c23)[c-]c2ccccc12.[Ir]. The van der Waals surface area contributed by atoms with Crippen LogP contribution in [0.3, 0.4) is 0 Å². The zero-order valence-electron chi connectivity index (χ0n) is 27.2. The van der Waals surface area contributed by atoms with E-state index >= 15 is 0 Å². The molecule has 0 aliphatic carbocycles. The second-order valence-electron chi connectivity index (χ2n) is 13.5. The van der Waals surface area contributed by atoms with Gasteiger partial charge in [-0.2, -0.15) is 0 Å². The van der Waals surface area contributed by atoms with Gasteiger partial charge in [0.15, 0.2) is 5.78 Å². The molecule has 0 unspecified atom stereocenters. The van der Waals surface area contributed by atoms with Crippen LogP contribution < -0.4 is 5.19 Å². The molecule has 0 saturated heterocycles. The van der Waals surface area contributed by atoms with Crippen molar-refractivity contribution in [3.8, 4) is 22.4 Å². The molecule has 0 aliphatic rings. The Morgan fingerprint density at radius 3 is 2.13 bits per heavy atom. The largest absolute Gasteiger partial charge is 0.512 e. The van der Waals surface area contributed by atoms with Gasteiger partial charge in [-0.25, -0.2) is 0 Å². The van der Waals surface area contributed by atoms with Crippen LogP contribution in [-0.2, 0) is 30.3 Å². The van der Waals surface area contributed by atoms with E-state index in [4.69, 9.17) is 14.5 Å². The number of ketones is 1. The minimum Gasteiger partial charge on any atom is -0.512 e. The summed E-state index contributed by atoms with van der Waals surface area (Å²) in [5, 5.41) is 14.3. The topological polar surface area (TPSA) is 63.3 Å². The van der Waals surface area contributed by atoms with Crippen molar-refractivity contribution in [2.75, 3.05) is 0 Å². The maximum Gasteiger partial charge on any atom is 0.155 e. The van der Waals surface area contributed by atoms with Gasteiger partial charge in [-0.05, 0) is 42.5 Å². The third-order valence-corrected chi connectivity index (χ3v) is 9.78. The van der Waals surface area contributed by atoms with Crippen molar-refractivity contribution < 1.29 is 34.4 Å². The Labute approximate surface area is 280 Å². The van der Waals surface area contributed by atoms with Gasteiger partial charge in [0.05, 0.1) is 13.8 Å². The van der Waals surface area contributed by atoms with E-state index in [-0.39, 0.29) is 37.1 Å². The number of furan rings is 1. The summed E-state index contributed by atoms with van der Waals surface area (Å²) in [6.07, 6.45) is 3.01. The van der Waals surface area contributed by atoms with Crippen LogP contribution in [0.1, 0.15) is 40.2 Å². The molecule has 1 radical (unpaired) electrons. The number of aromatic nitrogens is 1. The van der Waals surface area contributed by atoms with E-state index in [1.165, 1.54) is 41.6 Å². The first-order chi connectivity index (χ1) is 20.7. The molecule has 0 bridgehead atoms. The van der Waals surface area contributed by atoms with E-state index < -0.39 is 8.07 Å². The van der Waals surface area contributed by atoms with E-state index in [0.29, 0.717) is 0 Å². The second kappa shape index (κ2) is 13.3. The van der Waals surface area contributed by atoms with Crippen molar-refractivity contribution in [2.45, 2.75) is 59.7 Å². The molecule has 0 amide bonds. The predicted molar refractivity (Wildman–Crippen MR) is 187 cm³/mol. The summed E-state index contributed by atoms with van der Waals surface area (Å²) in [6, 6.07) is 32.0. The number of benzene rings is 4. The second-order valence-corrected chi connectivity index (χ2v) is 18.5. The van der Waals surface area contributed by atoms with Crippen molar-refractivity contribution in [1.29, 1.82) is 0 Å². The molecule has 6 aromatic rings. The first kappa shape index (κ1) is 34.0. The number of aliphatic hydroxyl groups excluding tert-OH is 1. The first-order valence-corrected chi connectivity index (χ1v) is 18.5. The van der Waals surface area contributed by atoms with Gasteiger partial charge in [0.2, 0.25) is 0 Å². The maximum atomic E-state index is 10.0. The molecule has 0 atom stereocenters. The zero-order valence-corrected chi connectivity index (χ0v) is 30.6. The van der Waals surface area contributed by atoms with Crippen molar-refractivity contribution >= 4 is 51.8 Å². The molecule has 4 aromatic carbocycles. The van der Waals surface area contributed by atoms with Crippen molar-refractivity contribution in [3.05, 3.63) is 109 Å². The van der Waals surface area contributed by atoms with Gasteiger partial charge in [-0.15, -0.1) is 29.1 Å². The van der Waals surface area contributed by atoms with Gasteiger partial charge in [-0.1, -0.05) is 111 Å². The number of hydrogen-bond acceptors (Lipinski definition) is 4. The fourth-order valence-corrected chi connectivity index (χ4v) is 6.71. The number of carbonyl (C=O) groups is 1. The van der Waals surface area contributed by atoms with Gasteiger partial charge in [0.1, 0.15) is 11.2 Å². The molecule has 0 fully saturated rings. The van der Waals surface area contributed by atoms with E-state index in [1.54, 1.807) is 0 Å². The fourth-order valence-electron chi connectivity index (χ4n) is 5.54. The van der Waals surface area contributed by atoms with E-state index in [1.807, 2.05) is 12.3 Å². The first-order valence-electron chi connectivity index (χ1n) is 15.0. The Bertz CT molecular complexity index is 2020. The quantitative estimate of drug-likeness (QED) is 0.0836. The molecule has 0 saturated carbocycles. The van der Waals surface area contributed by atoms with E-state index in [0.717, 1.165) is 44.1 Å². The van der Waals surface area contributed by atoms with Gasteiger partial charge < -0.3 is 9.52 Å². The Kier molecular flexibility index (Phi) is 10.0. The van der Waals surface area contributed by atoms with Crippen LogP contribution in [0.4, 0.5) is 0 Å². The number of fused-ring (bicyclic) bond motifs is 4. The van der Waals surface area contributed by atoms with Crippen molar-refractivity contribution in [1.82, 2.24) is 4.98 Å². The van der Waals surface area contributed by atoms with Gasteiger partial charge in [0.25, 0.3) is 0 Å². The molecule has 233 valence electrons. The average molecular weight is 791 g/mol. The molecule has 6 rings (SSSR count). The van der Waals surface area contributed by atoms with Crippen LogP contribution in [0.15, 0.2) is 101 Å². The Hall–Kier alpha value is -3.83. The molecular weight excluding hydrogens is 751 g/mol. The van der Waals surface area contributed by atoms with Gasteiger partial charge >= 0.3 is 0 Å². The molecule has 1 N–H and O–H groups in total. The van der Waals surface area contributed by atoms with Crippen LogP contribution in [0.25, 0.3) is 55.1 Å². The van der Waals surface area contributed by atoms with Crippen molar-refractivity contribution in [3.63, 3.8) is 0 Å². The van der Waals surface area contributed by atoms with Crippen LogP contribution >= 0.6 is 0 Å². The van der Waals surface area contributed by atoms with Crippen molar-refractivity contribution in [2.24, 2.45) is 0 Å². The Morgan fingerprint density at radius 2 is 1.53 bits per heavy atom. The third kappa shape index (κ3) is 7.53. The summed E-state index contributed by atoms with van der Waals surface area (Å²) in [5.74, 6) is -0.0625. The minimum atomic E-state index is -1.32. The molecular formula is C39H40IrNO3Si-. The molecule has 4 nitrogen and oxygen atoms in total. The van der Waals surface area contributed by atoms with E-state index in [2.05, 4.69) is 119 Å². The summed E-state index contributed by atoms with van der Waals surface area (Å²) in [4.78, 5) is 14.9. The molecule has 0 aliphatic heterocycles. The number of aliphatic hydroxyl groups is 1. The maximum absolute atomic E-state index is 10.0. The summed E-state index contributed by atoms with van der Waals surface area (Å²) >= 11 is 0. The molecule has 2 heterocycles. The summed E-state index contributed by atoms with van der Waals surface area (Å²) in [5.41, 5.74) is 7.32. The standard InChI is InChI=1S/C34H32NOSi.C5H8O2.Ir/c1-34(2,3)29-20-25(19-24-9-7-8-10-27(24)29)33-32-28-16-13-23(21-31(28)36-30(32)17-18-35-33)22-11-14-26(15-12-22)37(4,5)6;1-4(6)3-5(2)7;/h7-18,20-21H,1-6H3;3,6H,1-2H3;/q-1;;/b;4-3-;. The number of carbonyl (C=O) groups excluding carboxylic acids is 1. The van der Waals surface area contributed by atoms with E-state index in [9.17, 15) is 4.79 Å². The van der Waals surface area contributed by atoms with Crippen LogP contribution in [0.2, 0.25) is 19.6 Å². The normalized spacial score (nSPS) is 12.1. The summed E-state index contributed by atoms with van der Waals surface area (Å²) in [7, 11) is -1.32. The Morgan fingerprint density at radius 1 is 0.867 bits per heavy atom. The zero-order chi connectivity index (χ0) is 31.8. The third-order valence-electron chi connectivity index (χ3n) is 7.72. The number of pyridine rings is 1. The number of hydrogen-bond donors (Lipinski definition) is 1. The summed E-state index contributed by atoms with van der Waals surface area (Å²) < 4.78 is 6.39. The van der Waals surface area contributed by atoms with Crippen LogP contribution in [0.5, 0.6) is 0 Å². The number of nitrogens with zero attached hydrogens (tertiary/aromatic N) is 1. The molecule has 45 heavy (non-hydrogen) atoms. The number of rotatable bonds is 4. The van der Waals surface area contributed by atoms with Gasteiger partial charge in [0, 0.05) is 48.8 Å². The number of allylic oxidation sites excluding steroid dienone is 2. The fraction of sp³-hybridized carbons (Fsp3) is 0.231. The van der Waals surface area contributed by atoms with Crippen LogP contribution in [0, 0.1) is 6.07 Å². The smallest absolute Gasteiger partial charge is 0.155 e. The summed E-state index contributed by atoms with van der Waals surface area (Å²) in [6.45, 7) is 16.8. The molecule has 6 heteroatoms. The predicted octanol–water partition coefficient (Wildman–Crippen LogP) is 10.1. The molecule has 0 spiro atoms. The molecule has 2 aromatic heterocycles. The Balaban J connectivity index is 0.000000519. The monoisotopic (exact) mass is 791 g/mol. The van der Waals surface area contributed by atoms with Crippen LogP contribution in [-0.4, -0.2) is 23.9 Å². The van der Waals surface area contributed by atoms with Gasteiger partial charge in [-0.3, -0.25) is 9.78 Å².